The maximum atomic E-state index is 5.73. The van der Waals surface area contributed by atoms with Crippen LogP contribution in [0.15, 0.2) is 9.72 Å². The van der Waals surface area contributed by atoms with Crippen molar-refractivity contribution >= 4 is 34.7 Å². The number of hydrogen-bond donors (Lipinski definition) is 0. The molecule has 0 spiro atoms. The first kappa shape index (κ1) is 12.3. The van der Waals surface area contributed by atoms with Crippen LogP contribution in [0.3, 0.4) is 0 Å². The van der Waals surface area contributed by atoms with Crippen molar-refractivity contribution in [1.82, 2.24) is 9.88 Å². The highest BCUT2D eigenvalue weighted by Crippen LogP contribution is 2.24. The molecular weight excluding hydrogens is 236 g/mol. The molecule has 1 aromatic heterocycles. The number of halogens is 1. The number of thioether (sulfide) groups is 1. The summed E-state index contributed by atoms with van der Waals surface area (Å²) in [4.78, 5) is 6.59. The van der Waals surface area contributed by atoms with Crippen LogP contribution in [0.4, 0.5) is 0 Å². The van der Waals surface area contributed by atoms with E-state index in [0.717, 1.165) is 29.7 Å². The van der Waals surface area contributed by atoms with Crippen molar-refractivity contribution in [2.24, 2.45) is 0 Å². The average Bonchev–Trinajstić information content (AvgIpc) is 2.59. The van der Waals surface area contributed by atoms with Gasteiger partial charge >= 0.3 is 0 Å². The number of hydrogen-bond acceptors (Lipinski definition) is 4. The Kier molecular flexibility index (Phi) is 5.86. The van der Waals surface area contributed by atoms with Crippen LogP contribution in [-0.2, 0) is 0 Å². The molecule has 0 bridgehead atoms. The molecule has 0 aliphatic carbocycles. The fourth-order valence-corrected chi connectivity index (χ4v) is 3.18. The van der Waals surface area contributed by atoms with Gasteiger partial charge in [0.05, 0.1) is 0 Å². The minimum Gasteiger partial charge on any atom is -0.303 e. The van der Waals surface area contributed by atoms with Gasteiger partial charge in [0.2, 0.25) is 0 Å². The van der Waals surface area contributed by atoms with Crippen molar-refractivity contribution in [3.05, 3.63) is 10.5 Å². The first-order chi connectivity index (χ1) is 6.76. The Morgan fingerprint density at radius 1 is 1.50 bits per heavy atom. The Morgan fingerprint density at radius 3 is 2.71 bits per heavy atom. The summed E-state index contributed by atoms with van der Waals surface area (Å²) < 4.78 is 1.07. The second kappa shape index (κ2) is 6.67. The highest BCUT2D eigenvalue weighted by Gasteiger charge is 2.02. The molecule has 0 atom stereocenters. The lowest BCUT2D eigenvalue weighted by atomic mass is 10.5. The molecule has 0 radical (unpaired) electrons. The predicted molar refractivity (Wildman–Crippen MR) is 65.6 cm³/mol. The summed E-state index contributed by atoms with van der Waals surface area (Å²) in [5.41, 5.74) is 0. The zero-order chi connectivity index (χ0) is 10.4. The minimum absolute atomic E-state index is 0.611. The number of rotatable bonds is 6. The van der Waals surface area contributed by atoms with Crippen molar-refractivity contribution < 1.29 is 0 Å². The van der Waals surface area contributed by atoms with Crippen LogP contribution in [0.25, 0.3) is 0 Å². The fourth-order valence-electron chi connectivity index (χ4n) is 1.11. The monoisotopic (exact) mass is 250 g/mol. The molecule has 0 aliphatic heterocycles. The zero-order valence-electron chi connectivity index (χ0n) is 8.49. The summed E-state index contributed by atoms with van der Waals surface area (Å²) in [6, 6.07) is 0. The molecule has 2 nitrogen and oxygen atoms in total. The molecule has 0 unspecified atom stereocenters. The molecule has 0 saturated carbocycles. The molecule has 0 aliphatic rings. The van der Waals surface area contributed by atoms with Gasteiger partial charge in [0.25, 0.3) is 0 Å². The molecule has 1 heterocycles. The molecule has 5 heteroatoms. The average molecular weight is 251 g/mol. The second-order valence-corrected chi connectivity index (χ2v) is 5.40. The summed E-state index contributed by atoms with van der Waals surface area (Å²) in [7, 11) is 0. The van der Waals surface area contributed by atoms with Gasteiger partial charge in [0, 0.05) is 17.7 Å². The van der Waals surface area contributed by atoms with Crippen molar-refractivity contribution in [2.75, 3.05) is 25.4 Å². The lowest BCUT2D eigenvalue weighted by Gasteiger charge is -2.16. The Labute approximate surface area is 98.7 Å². The van der Waals surface area contributed by atoms with E-state index >= 15 is 0 Å². The Morgan fingerprint density at radius 2 is 2.21 bits per heavy atom. The Bertz CT molecular complexity index is 261. The molecule has 0 fully saturated rings. The van der Waals surface area contributed by atoms with Gasteiger partial charge in [-0.25, -0.2) is 4.98 Å². The summed E-state index contributed by atoms with van der Waals surface area (Å²) in [5, 5.41) is 2.49. The third-order valence-electron chi connectivity index (χ3n) is 1.98. The normalized spacial score (nSPS) is 11.1. The minimum atomic E-state index is 0.611. The standard InChI is InChI=1S/C9H15ClN2S2/c1-3-12(4-2)5-6-13-9-11-8(10)7-14-9/h7H,3-6H2,1-2H3. The molecule has 0 N–H and O–H groups in total. The van der Waals surface area contributed by atoms with Gasteiger partial charge in [-0.2, -0.15) is 0 Å². The summed E-state index contributed by atoms with van der Waals surface area (Å²) in [6.07, 6.45) is 0. The van der Waals surface area contributed by atoms with Crippen LogP contribution in [0.2, 0.25) is 5.15 Å². The van der Waals surface area contributed by atoms with Gasteiger partial charge in [-0.1, -0.05) is 37.2 Å². The third-order valence-corrected chi connectivity index (χ3v) is 4.31. The molecule has 0 saturated heterocycles. The Balaban J connectivity index is 2.21. The highest BCUT2D eigenvalue weighted by molar-refractivity contribution is 8.01. The maximum Gasteiger partial charge on any atom is 0.151 e. The van der Waals surface area contributed by atoms with Crippen LogP contribution in [0.1, 0.15) is 13.8 Å². The van der Waals surface area contributed by atoms with Crippen LogP contribution < -0.4 is 0 Å². The second-order valence-electron chi connectivity index (χ2n) is 2.81. The van der Waals surface area contributed by atoms with Crippen molar-refractivity contribution in [2.45, 2.75) is 18.2 Å². The van der Waals surface area contributed by atoms with Gasteiger partial charge in [-0.15, -0.1) is 11.3 Å². The molecule has 1 aromatic rings. The van der Waals surface area contributed by atoms with Crippen LogP contribution >= 0.6 is 34.7 Å². The lowest BCUT2D eigenvalue weighted by Crippen LogP contribution is -2.25. The number of nitrogens with zero attached hydrogens (tertiary/aromatic N) is 2. The van der Waals surface area contributed by atoms with Gasteiger partial charge in [-0.05, 0) is 13.1 Å². The van der Waals surface area contributed by atoms with Crippen molar-refractivity contribution in [3.8, 4) is 0 Å². The van der Waals surface area contributed by atoms with E-state index in [1.54, 1.807) is 23.1 Å². The summed E-state index contributed by atoms with van der Waals surface area (Å²) in [6.45, 7) is 7.74. The zero-order valence-corrected chi connectivity index (χ0v) is 10.9. The lowest BCUT2D eigenvalue weighted by molar-refractivity contribution is 0.324. The number of thiazole rings is 1. The predicted octanol–water partition coefficient (Wildman–Crippen LogP) is 3.23. The SMILES string of the molecule is CCN(CC)CCSc1nc(Cl)cs1. The molecule has 14 heavy (non-hydrogen) atoms. The van der Waals surface area contributed by atoms with Gasteiger partial charge in [-0.3, -0.25) is 0 Å². The van der Waals surface area contributed by atoms with Crippen LogP contribution in [0.5, 0.6) is 0 Å². The van der Waals surface area contributed by atoms with Gasteiger partial charge in [0.15, 0.2) is 4.34 Å². The highest BCUT2D eigenvalue weighted by atomic mass is 35.5. The molecule has 1 rings (SSSR count). The topological polar surface area (TPSA) is 16.1 Å². The smallest absolute Gasteiger partial charge is 0.151 e. The molecule has 0 amide bonds. The van der Waals surface area contributed by atoms with Gasteiger partial charge in [0.1, 0.15) is 5.15 Å². The van der Waals surface area contributed by atoms with E-state index in [4.69, 9.17) is 11.6 Å². The molecule has 0 aromatic carbocycles. The first-order valence-electron chi connectivity index (χ1n) is 4.72. The largest absolute Gasteiger partial charge is 0.303 e. The van der Waals surface area contributed by atoms with E-state index < -0.39 is 0 Å². The summed E-state index contributed by atoms with van der Waals surface area (Å²) in [5.74, 6) is 1.09. The quantitative estimate of drug-likeness (QED) is 0.722. The van der Waals surface area contributed by atoms with E-state index in [1.165, 1.54) is 0 Å². The molecule has 80 valence electrons. The van der Waals surface area contributed by atoms with Gasteiger partial charge < -0.3 is 4.90 Å². The van der Waals surface area contributed by atoms with Crippen molar-refractivity contribution in [3.63, 3.8) is 0 Å². The van der Waals surface area contributed by atoms with Crippen molar-refractivity contribution in [1.29, 1.82) is 0 Å². The van der Waals surface area contributed by atoms with Crippen LogP contribution in [0, 0.1) is 0 Å². The van der Waals surface area contributed by atoms with E-state index in [2.05, 4.69) is 23.7 Å². The fraction of sp³-hybridized carbons (Fsp3) is 0.667. The van der Waals surface area contributed by atoms with Crippen LogP contribution in [-0.4, -0.2) is 35.3 Å². The number of aromatic nitrogens is 1. The van der Waals surface area contributed by atoms with E-state index in [1.807, 2.05) is 5.38 Å². The van der Waals surface area contributed by atoms with E-state index in [0.29, 0.717) is 5.15 Å². The van der Waals surface area contributed by atoms with E-state index in [-0.39, 0.29) is 0 Å². The summed E-state index contributed by atoms with van der Waals surface area (Å²) >= 11 is 9.13. The Hall–Kier alpha value is 0.230. The molecular formula is C9H15ClN2S2. The third kappa shape index (κ3) is 4.17. The van der Waals surface area contributed by atoms with E-state index in [9.17, 15) is 0 Å². The first-order valence-corrected chi connectivity index (χ1v) is 6.96. The maximum absolute atomic E-state index is 5.73.